The third kappa shape index (κ3) is 4.53. The van der Waals surface area contributed by atoms with Crippen molar-refractivity contribution in [1.82, 2.24) is 14.7 Å². The lowest BCUT2D eigenvalue weighted by atomic mass is 10.1. The van der Waals surface area contributed by atoms with Crippen LogP contribution in [0.2, 0.25) is 0 Å². The van der Waals surface area contributed by atoms with Crippen LogP contribution in [0.25, 0.3) is 0 Å². The normalized spacial score (nSPS) is 15.2. The third-order valence-corrected chi connectivity index (χ3v) is 4.54. The van der Waals surface area contributed by atoms with Crippen LogP contribution in [0.3, 0.4) is 0 Å². The van der Waals surface area contributed by atoms with Crippen molar-refractivity contribution in [2.45, 2.75) is 31.8 Å². The third-order valence-electron chi connectivity index (χ3n) is 4.54. The van der Waals surface area contributed by atoms with Gasteiger partial charge in [0.05, 0.1) is 13.3 Å². The number of hydrogen-bond acceptors (Lipinski definition) is 4. The highest BCUT2D eigenvalue weighted by Gasteiger charge is 2.24. The first-order chi connectivity index (χ1) is 12.2. The molecule has 1 aliphatic rings. The summed E-state index contributed by atoms with van der Waals surface area (Å²) in [6, 6.07) is 7.68. The Morgan fingerprint density at radius 2 is 1.96 bits per heavy atom. The average Bonchev–Trinajstić information content (AvgIpc) is 3.06. The Balaban J connectivity index is 1.45. The van der Waals surface area contributed by atoms with Crippen LogP contribution in [0.5, 0.6) is 11.5 Å². The molecule has 1 amide bonds. The summed E-state index contributed by atoms with van der Waals surface area (Å²) in [6.07, 6.45) is 6.86. The van der Waals surface area contributed by atoms with Crippen LogP contribution in [0.1, 0.15) is 24.8 Å². The maximum atomic E-state index is 12.4. The molecule has 0 atom stereocenters. The van der Waals surface area contributed by atoms with E-state index in [4.69, 9.17) is 9.47 Å². The summed E-state index contributed by atoms with van der Waals surface area (Å²) in [5.41, 5.74) is 1.10. The molecule has 0 aliphatic carbocycles. The Morgan fingerprint density at radius 1 is 1.24 bits per heavy atom. The molecule has 0 radical (unpaired) electrons. The van der Waals surface area contributed by atoms with Crippen LogP contribution in [-0.2, 0) is 18.3 Å². The fourth-order valence-electron chi connectivity index (χ4n) is 3.13. The average molecular weight is 343 g/mol. The van der Waals surface area contributed by atoms with Crippen LogP contribution in [-0.4, -0.2) is 46.9 Å². The highest BCUT2D eigenvalue weighted by atomic mass is 16.5. The lowest BCUT2D eigenvalue weighted by Crippen LogP contribution is -2.41. The molecule has 1 aromatic heterocycles. The Kier molecular flexibility index (Phi) is 5.58. The first-order valence-electron chi connectivity index (χ1n) is 8.70. The second-order valence-corrected chi connectivity index (χ2v) is 6.37. The zero-order valence-corrected chi connectivity index (χ0v) is 14.9. The number of carbonyl (C=O) groups excluding carboxylic acids is 1. The quantitative estimate of drug-likeness (QED) is 0.808. The predicted octanol–water partition coefficient (Wildman–Crippen LogP) is 2.43. The summed E-state index contributed by atoms with van der Waals surface area (Å²) in [5, 5.41) is 4.14. The highest BCUT2D eigenvalue weighted by molar-refractivity contribution is 5.76. The monoisotopic (exact) mass is 343 g/mol. The molecule has 6 heteroatoms. The van der Waals surface area contributed by atoms with E-state index in [1.165, 1.54) is 0 Å². The van der Waals surface area contributed by atoms with E-state index in [0.717, 1.165) is 49.4 Å². The van der Waals surface area contributed by atoms with Crippen LogP contribution in [0.4, 0.5) is 0 Å². The number of rotatable bonds is 6. The fraction of sp³-hybridized carbons (Fsp3) is 0.474. The molecule has 1 aromatic carbocycles. The maximum absolute atomic E-state index is 12.4. The number of methoxy groups -OCH3 is 1. The van der Waals surface area contributed by atoms with Crippen molar-refractivity contribution in [3.63, 3.8) is 0 Å². The Labute approximate surface area is 148 Å². The molecule has 0 unspecified atom stereocenters. The van der Waals surface area contributed by atoms with Crippen molar-refractivity contribution < 1.29 is 14.3 Å². The van der Waals surface area contributed by atoms with Gasteiger partial charge in [-0.1, -0.05) is 12.1 Å². The highest BCUT2D eigenvalue weighted by Crippen LogP contribution is 2.29. The van der Waals surface area contributed by atoms with Crippen molar-refractivity contribution in [2.75, 3.05) is 20.2 Å². The summed E-state index contributed by atoms with van der Waals surface area (Å²) in [6.45, 7) is 1.48. The largest absolute Gasteiger partial charge is 0.493 e. The van der Waals surface area contributed by atoms with E-state index in [1.54, 1.807) is 11.8 Å². The molecule has 6 nitrogen and oxygen atoms in total. The van der Waals surface area contributed by atoms with Crippen molar-refractivity contribution >= 4 is 5.91 Å². The number of para-hydroxylation sites is 2. The zero-order chi connectivity index (χ0) is 17.6. The lowest BCUT2D eigenvalue weighted by Gasteiger charge is -2.32. The van der Waals surface area contributed by atoms with Gasteiger partial charge in [-0.2, -0.15) is 5.10 Å². The molecular formula is C19H25N3O3. The SMILES string of the molecule is COc1ccccc1OC1CCN(C(=O)CCc2cnn(C)c2)CC1. The molecule has 2 aromatic rings. The van der Waals surface area contributed by atoms with Crippen LogP contribution in [0.15, 0.2) is 36.7 Å². The Morgan fingerprint density at radius 3 is 2.60 bits per heavy atom. The van der Waals surface area contributed by atoms with E-state index in [1.807, 2.05) is 48.6 Å². The fourth-order valence-corrected chi connectivity index (χ4v) is 3.13. The number of aromatic nitrogens is 2. The minimum atomic E-state index is 0.124. The summed E-state index contributed by atoms with van der Waals surface area (Å²) >= 11 is 0. The van der Waals surface area contributed by atoms with Gasteiger partial charge in [-0.05, 0) is 24.1 Å². The van der Waals surface area contributed by atoms with Crippen LogP contribution < -0.4 is 9.47 Å². The molecule has 0 bridgehead atoms. The van der Waals surface area contributed by atoms with Gasteiger partial charge >= 0.3 is 0 Å². The van der Waals surface area contributed by atoms with Gasteiger partial charge in [-0.25, -0.2) is 0 Å². The predicted molar refractivity (Wildman–Crippen MR) is 94.8 cm³/mol. The van der Waals surface area contributed by atoms with Crippen molar-refractivity contribution in [2.24, 2.45) is 7.05 Å². The van der Waals surface area contributed by atoms with E-state index in [-0.39, 0.29) is 12.0 Å². The molecule has 1 saturated heterocycles. The minimum Gasteiger partial charge on any atom is -0.493 e. The van der Waals surface area contributed by atoms with Crippen LogP contribution >= 0.6 is 0 Å². The van der Waals surface area contributed by atoms with Gasteiger partial charge in [0.15, 0.2) is 11.5 Å². The van der Waals surface area contributed by atoms with E-state index in [0.29, 0.717) is 6.42 Å². The van der Waals surface area contributed by atoms with E-state index < -0.39 is 0 Å². The number of likely N-dealkylation sites (tertiary alicyclic amines) is 1. The lowest BCUT2D eigenvalue weighted by molar-refractivity contribution is -0.132. The van der Waals surface area contributed by atoms with Crippen molar-refractivity contribution in [1.29, 1.82) is 0 Å². The molecule has 1 fully saturated rings. The van der Waals surface area contributed by atoms with E-state index >= 15 is 0 Å². The molecule has 0 saturated carbocycles. The van der Waals surface area contributed by atoms with Gasteiger partial charge in [0.1, 0.15) is 6.10 Å². The molecule has 3 rings (SSSR count). The summed E-state index contributed by atoms with van der Waals surface area (Å²) in [4.78, 5) is 14.3. The smallest absolute Gasteiger partial charge is 0.222 e. The molecule has 0 spiro atoms. The number of amides is 1. The first-order valence-corrected chi connectivity index (χ1v) is 8.70. The van der Waals surface area contributed by atoms with E-state index in [2.05, 4.69) is 5.10 Å². The molecule has 134 valence electrons. The zero-order valence-electron chi connectivity index (χ0n) is 14.9. The molecule has 25 heavy (non-hydrogen) atoms. The molecule has 2 heterocycles. The van der Waals surface area contributed by atoms with Gasteiger partial charge in [-0.3, -0.25) is 9.48 Å². The van der Waals surface area contributed by atoms with Crippen molar-refractivity contribution in [3.8, 4) is 11.5 Å². The number of ether oxygens (including phenoxy) is 2. The number of aryl methyl sites for hydroxylation is 2. The summed E-state index contributed by atoms with van der Waals surface area (Å²) < 4.78 is 13.2. The molecule has 1 aliphatic heterocycles. The molecular weight excluding hydrogens is 318 g/mol. The van der Waals surface area contributed by atoms with Crippen LogP contribution in [0, 0.1) is 0 Å². The van der Waals surface area contributed by atoms with Gasteiger partial charge in [0.25, 0.3) is 0 Å². The topological polar surface area (TPSA) is 56.6 Å². The number of carbonyl (C=O) groups is 1. The van der Waals surface area contributed by atoms with Crippen molar-refractivity contribution in [3.05, 3.63) is 42.2 Å². The number of benzene rings is 1. The summed E-state index contributed by atoms with van der Waals surface area (Å²) in [7, 11) is 3.53. The van der Waals surface area contributed by atoms with Gasteiger partial charge in [0, 0.05) is 45.6 Å². The van der Waals surface area contributed by atoms with Gasteiger partial charge in [0.2, 0.25) is 5.91 Å². The number of hydrogen-bond donors (Lipinski definition) is 0. The molecule has 0 N–H and O–H groups in total. The second kappa shape index (κ2) is 8.05. The summed E-state index contributed by atoms with van der Waals surface area (Å²) in [5.74, 6) is 1.73. The number of piperidine rings is 1. The van der Waals surface area contributed by atoms with Gasteiger partial charge in [-0.15, -0.1) is 0 Å². The van der Waals surface area contributed by atoms with E-state index in [9.17, 15) is 4.79 Å². The minimum absolute atomic E-state index is 0.124. The Bertz CT molecular complexity index is 705. The Hall–Kier alpha value is -2.50. The maximum Gasteiger partial charge on any atom is 0.222 e. The number of nitrogens with zero attached hydrogens (tertiary/aromatic N) is 3. The standard InChI is InChI=1S/C19H25N3O3/c1-21-14-15(13-20-21)7-8-19(23)22-11-9-16(10-12-22)25-18-6-4-3-5-17(18)24-2/h3-6,13-14,16H,7-12H2,1-2H3. The second-order valence-electron chi connectivity index (χ2n) is 6.37. The van der Waals surface area contributed by atoms with Gasteiger partial charge < -0.3 is 14.4 Å². The first kappa shape index (κ1) is 17.3.